The molecule has 20 heteroatoms. The number of rotatable bonds is 14. The number of halogens is 3. The molecule has 296 valence electrons. The third-order valence-corrected chi connectivity index (χ3v) is 10.1. The molecule has 56 heavy (non-hydrogen) atoms. The fourth-order valence-corrected chi connectivity index (χ4v) is 6.31. The number of nitrogens with zero attached hydrogens (tertiary/aromatic N) is 6. The highest BCUT2D eigenvalue weighted by Crippen LogP contribution is 2.33. The summed E-state index contributed by atoms with van der Waals surface area (Å²) < 4.78 is 74.6. The van der Waals surface area contributed by atoms with Gasteiger partial charge in [-0.25, -0.2) is 22.7 Å². The monoisotopic (exact) mass is 799 g/mol. The molecule has 1 aliphatic heterocycles. The molecule has 0 bridgehead atoms. The highest BCUT2D eigenvalue weighted by atomic mass is 32.2. The molecule has 1 unspecified atom stereocenters. The number of aromatic nitrogens is 2. The first-order valence-corrected chi connectivity index (χ1v) is 18.3. The Hall–Kier alpha value is -6.31. The maximum Gasteiger partial charge on any atom is 0.435 e. The number of carbonyl (C=O) groups excluding carboxylic acids is 4. The van der Waals surface area contributed by atoms with E-state index in [0.29, 0.717) is 5.56 Å². The molecule has 16 nitrogen and oxygen atoms in total. The predicted octanol–water partition coefficient (Wildman–Crippen LogP) is 5.16. The fourth-order valence-electron chi connectivity index (χ4n) is 5.29. The summed E-state index contributed by atoms with van der Waals surface area (Å²) in [5.41, 5.74) is -0.406. The second-order valence-electron chi connectivity index (χ2n) is 13.3. The van der Waals surface area contributed by atoms with Crippen molar-refractivity contribution in [3.63, 3.8) is 0 Å². The molecule has 2 heterocycles. The van der Waals surface area contributed by atoms with E-state index in [1.165, 1.54) is 52.1 Å². The number of ether oxygens (including phenoxy) is 1. The number of esters is 1. The molecular formula is C36H36F3N7O9S. The molecule has 1 aromatic heterocycles. The summed E-state index contributed by atoms with van der Waals surface area (Å²) in [5.74, 6) is -3.16. The number of aryl methyl sites for hydroxylation is 1. The van der Waals surface area contributed by atoms with Crippen LogP contribution < -0.4 is 4.72 Å². The van der Waals surface area contributed by atoms with Gasteiger partial charge < -0.3 is 14.8 Å². The number of hydrazine groups is 1. The van der Waals surface area contributed by atoms with Crippen LogP contribution in [-0.2, 0) is 35.4 Å². The predicted molar refractivity (Wildman–Crippen MR) is 190 cm³/mol. The Morgan fingerprint density at radius 3 is 2.14 bits per heavy atom. The molecule has 5 rings (SSSR count). The first-order valence-electron chi connectivity index (χ1n) is 16.8. The molecular weight excluding hydrogens is 763 g/mol. The van der Waals surface area contributed by atoms with Gasteiger partial charge in [0.1, 0.15) is 12.1 Å². The van der Waals surface area contributed by atoms with E-state index in [0.717, 1.165) is 38.4 Å². The minimum absolute atomic E-state index is 0.0329. The summed E-state index contributed by atoms with van der Waals surface area (Å²) in [6.07, 6.45) is -7.10. The second-order valence-corrected chi connectivity index (χ2v) is 15.0. The molecule has 3 aromatic carbocycles. The van der Waals surface area contributed by atoms with Crippen molar-refractivity contribution < 1.29 is 55.3 Å². The van der Waals surface area contributed by atoms with Crippen molar-refractivity contribution in [1.29, 1.82) is 0 Å². The number of hydrogen-bond donors (Lipinski definition) is 1. The van der Waals surface area contributed by atoms with Crippen molar-refractivity contribution in [1.82, 2.24) is 24.4 Å². The molecule has 3 amide bonds. The SMILES string of the molecule is Cc1ccc(-c2cc(C(F)(F)F)nn2-c2ccc(S(=O)(=O)NC(=O)CCC(=O)OCC(C)(C)N(C)[N+]([O-])=NOC(C)N3C(=O)c4ccccc4C3=O)cc2)cc1. The number of hydrogen-bond acceptors (Lipinski definition) is 11. The van der Waals surface area contributed by atoms with Gasteiger partial charge in [0.15, 0.2) is 5.69 Å². The van der Waals surface area contributed by atoms with Crippen LogP contribution in [0.25, 0.3) is 16.9 Å². The zero-order valence-electron chi connectivity index (χ0n) is 30.6. The average Bonchev–Trinajstić information content (AvgIpc) is 3.71. The van der Waals surface area contributed by atoms with E-state index < -0.39 is 70.2 Å². The van der Waals surface area contributed by atoms with Gasteiger partial charge in [0, 0.05) is 12.0 Å². The standard InChI is InChI=1S/C36H36F3N7O9S/c1-22-10-12-24(13-11-22)29-20-30(36(37,38)39)40-45(29)25-14-16-26(17-15-25)56(52,53)41-31(47)18-19-32(48)54-21-35(3,4)43(5)46(51)42-55-23(2)44-33(49)27-8-6-7-9-28(27)34(44)50/h6-17,20,23H,18-19,21H2,1-5H3,(H,41,47). The van der Waals surface area contributed by atoms with E-state index in [1.54, 1.807) is 36.4 Å². The Morgan fingerprint density at radius 1 is 0.982 bits per heavy atom. The highest BCUT2D eigenvalue weighted by Gasteiger charge is 2.40. The number of carbonyl (C=O) groups is 4. The lowest BCUT2D eigenvalue weighted by molar-refractivity contribution is -0.722. The van der Waals surface area contributed by atoms with E-state index in [1.807, 2.05) is 11.6 Å². The normalized spacial score (nSPS) is 14.0. The van der Waals surface area contributed by atoms with E-state index in [2.05, 4.69) is 10.4 Å². The molecule has 1 N–H and O–H groups in total. The smallest absolute Gasteiger partial charge is 0.435 e. The maximum absolute atomic E-state index is 13.6. The quantitative estimate of drug-likeness (QED) is 0.0582. The largest absolute Gasteiger partial charge is 0.569 e. The molecule has 1 atom stereocenters. The van der Waals surface area contributed by atoms with Gasteiger partial charge in [-0.2, -0.15) is 18.3 Å². The number of imide groups is 1. The lowest BCUT2D eigenvalue weighted by Crippen LogP contribution is -2.49. The highest BCUT2D eigenvalue weighted by molar-refractivity contribution is 7.90. The number of alkyl halides is 3. The third kappa shape index (κ3) is 8.96. The van der Waals surface area contributed by atoms with Crippen LogP contribution in [0.3, 0.4) is 0 Å². The molecule has 0 spiro atoms. The zero-order valence-corrected chi connectivity index (χ0v) is 31.4. The summed E-state index contributed by atoms with van der Waals surface area (Å²) >= 11 is 0. The molecule has 1 aliphatic rings. The molecule has 0 aliphatic carbocycles. The first-order chi connectivity index (χ1) is 26.2. The van der Waals surface area contributed by atoms with Crippen LogP contribution in [-0.4, -0.2) is 82.2 Å². The maximum atomic E-state index is 13.6. The summed E-state index contributed by atoms with van der Waals surface area (Å²) in [6, 6.07) is 18.4. The van der Waals surface area contributed by atoms with Crippen molar-refractivity contribution in [3.8, 4) is 16.9 Å². The fraction of sp³-hybridized carbons (Fsp3) is 0.306. The van der Waals surface area contributed by atoms with Gasteiger partial charge in [0.25, 0.3) is 21.8 Å². The van der Waals surface area contributed by atoms with Gasteiger partial charge in [0.2, 0.25) is 17.4 Å². The third-order valence-electron chi connectivity index (χ3n) is 8.72. The number of benzene rings is 3. The van der Waals surface area contributed by atoms with Crippen molar-refractivity contribution in [2.45, 2.75) is 63.4 Å². The summed E-state index contributed by atoms with van der Waals surface area (Å²) in [6.45, 7) is 5.83. The summed E-state index contributed by atoms with van der Waals surface area (Å²) in [5, 5.41) is 20.8. The van der Waals surface area contributed by atoms with Crippen LogP contribution in [0.15, 0.2) is 89.0 Å². The van der Waals surface area contributed by atoms with Gasteiger partial charge >= 0.3 is 12.1 Å². The molecule has 0 fully saturated rings. The van der Waals surface area contributed by atoms with Crippen molar-refractivity contribution in [2.75, 3.05) is 13.7 Å². The topological polar surface area (TPSA) is 196 Å². The zero-order chi connectivity index (χ0) is 41.2. The Bertz CT molecular complexity index is 2260. The lowest BCUT2D eigenvalue weighted by atomic mass is 10.1. The molecule has 0 saturated heterocycles. The van der Waals surface area contributed by atoms with Gasteiger partial charge in [-0.05, 0) is 70.2 Å². The number of amides is 3. The summed E-state index contributed by atoms with van der Waals surface area (Å²) in [4.78, 5) is 55.9. The Kier molecular flexibility index (Phi) is 11.5. The number of nitrogens with one attached hydrogen (secondary N) is 1. The van der Waals surface area contributed by atoms with Crippen LogP contribution in [0.4, 0.5) is 13.2 Å². The first kappa shape index (κ1) is 40.9. The molecule has 4 aromatic rings. The van der Waals surface area contributed by atoms with E-state index in [-0.39, 0.29) is 39.0 Å². The van der Waals surface area contributed by atoms with Crippen LogP contribution in [0.1, 0.15) is 65.6 Å². The van der Waals surface area contributed by atoms with Crippen LogP contribution >= 0.6 is 0 Å². The van der Waals surface area contributed by atoms with Crippen LogP contribution in [0.5, 0.6) is 0 Å². The van der Waals surface area contributed by atoms with Gasteiger partial charge in [-0.3, -0.25) is 19.2 Å². The van der Waals surface area contributed by atoms with E-state index >= 15 is 0 Å². The minimum atomic E-state index is -4.74. The Morgan fingerprint density at radius 2 is 1.57 bits per heavy atom. The van der Waals surface area contributed by atoms with Crippen molar-refractivity contribution in [3.05, 3.63) is 106 Å². The Labute approximate surface area is 318 Å². The summed E-state index contributed by atoms with van der Waals surface area (Å²) in [7, 11) is -3.15. The van der Waals surface area contributed by atoms with E-state index in [9.17, 15) is 46.0 Å². The number of fused-ring (bicyclic) bond motifs is 1. The van der Waals surface area contributed by atoms with E-state index in [4.69, 9.17) is 9.57 Å². The average molecular weight is 800 g/mol. The van der Waals surface area contributed by atoms with Gasteiger partial charge in [-0.15, -0.1) is 5.01 Å². The second kappa shape index (κ2) is 15.8. The van der Waals surface area contributed by atoms with Gasteiger partial charge in [-0.1, -0.05) is 42.0 Å². The van der Waals surface area contributed by atoms with Crippen LogP contribution in [0, 0.1) is 12.1 Å². The van der Waals surface area contributed by atoms with Crippen LogP contribution in [0.2, 0.25) is 0 Å². The molecule has 0 radical (unpaired) electrons. The number of sulfonamides is 1. The van der Waals surface area contributed by atoms with Gasteiger partial charge in [0.05, 0.1) is 45.8 Å². The van der Waals surface area contributed by atoms with Crippen molar-refractivity contribution in [2.24, 2.45) is 5.28 Å². The van der Waals surface area contributed by atoms with Crippen molar-refractivity contribution >= 4 is 33.7 Å². The lowest BCUT2D eigenvalue weighted by Gasteiger charge is -2.30. The molecule has 0 saturated carbocycles. The Balaban J connectivity index is 1.12. The number of likely N-dealkylation sites (N-methyl/N-ethyl adjacent to an activating group) is 1. The minimum Gasteiger partial charge on any atom is -0.569 e.